The number of hydrogen-bond donors (Lipinski definition) is 0. The third kappa shape index (κ3) is 5.52. The first-order valence-electron chi connectivity index (χ1n) is 13.8. The number of esters is 1. The lowest BCUT2D eigenvalue weighted by Gasteiger charge is -2.28. The standard InChI is InChI=1S/C36H30N2O4/c1-36(35(39)40-2,27-13-19-31(20-14-27)41-23-29-17-11-25-7-3-5-9-33(25)37-29)28-15-21-32(22-16-28)42-24-30-18-12-26-8-4-6-10-34(26)38-30/h3-22H,23-24H2,1-2H3. The van der Waals surface area contributed by atoms with Gasteiger partial charge in [-0.05, 0) is 66.6 Å². The quantitative estimate of drug-likeness (QED) is 0.173. The first-order chi connectivity index (χ1) is 20.5. The number of fused-ring (bicyclic) bond motifs is 2. The first kappa shape index (κ1) is 27.0. The van der Waals surface area contributed by atoms with Crippen molar-refractivity contribution in [1.82, 2.24) is 9.97 Å². The molecule has 0 spiro atoms. The number of para-hydroxylation sites is 2. The lowest BCUT2D eigenvalue weighted by atomic mass is 9.76. The Hall–Kier alpha value is -5.23. The Labute approximate surface area is 244 Å². The molecular weight excluding hydrogens is 524 g/mol. The Morgan fingerprint density at radius 2 is 1.02 bits per heavy atom. The minimum atomic E-state index is -1.02. The summed E-state index contributed by atoms with van der Waals surface area (Å²) in [6.45, 7) is 2.55. The maximum absolute atomic E-state index is 13.1. The highest BCUT2D eigenvalue weighted by Crippen LogP contribution is 2.35. The predicted octanol–water partition coefficient (Wildman–Crippen LogP) is 7.42. The molecule has 0 bridgehead atoms. The highest BCUT2D eigenvalue weighted by molar-refractivity contribution is 5.87. The van der Waals surface area contributed by atoms with Gasteiger partial charge in [-0.25, -0.2) is 9.97 Å². The number of hydrogen-bond acceptors (Lipinski definition) is 6. The van der Waals surface area contributed by atoms with Crippen LogP contribution in [0.4, 0.5) is 0 Å². The molecule has 0 saturated carbocycles. The molecule has 0 radical (unpaired) electrons. The molecule has 0 unspecified atom stereocenters. The summed E-state index contributed by atoms with van der Waals surface area (Å²) in [4.78, 5) is 22.5. The zero-order valence-electron chi connectivity index (χ0n) is 23.5. The van der Waals surface area contributed by atoms with Crippen LogP contribution in [0.2, 0.25) is 0 Å². The van der Waals surface area contributed by atoms with Crippen LogP contribution >= 0.6 is 0 Å². The SMILES string of the molecule is COC(=O)C(C)(c1ccc(OCc2ccc3ccccc3n2)cc1)c1ccc(OCc2ccc3ccccc3n2)cc1. The number of methoxy groups -OCH3 is 1. The van der Waals surface area contributed by atoms with Crippen LogP contribution < -0.4 is 9.47 Å². The Kier molecular flexibility index (Phi) is 7.52. The van der Waals surface area contributed by atoms with Crippen molar-refractivity contribution < 1.29 is 19.0 Å². The van der Waals surface area contributed by atoms with Gasteiger partial charge in [0, 0.05) is 10.8 Å². The second-order valence-corrected chi connectivity index (χ2v) is 10.2. The molecule has 6 rings (SSSR count). The average molecular weight is 555 g/mol. The van der Waals surface area contributed by atoms with Crippen molar-refractivity contribution in [3.63, 3.8) is 0 Å². The van der Waals surface area contributed by atoms with Crippen LogP contribution in [0.15, 0.2) is 121 Å². The van der Waals surface area contributed by atoms with Crippen LogP contribution in [0.5, 0.6) is 11.5 Å². The molecule has 0 aliphatic rings. The lowest BCUT2D eigenvalue weighted by molar-refractivity contribution is -0.145. The van der Waals surface area contributed by atoms with Crippen molar-refractivity contribution in [3.05, 3.63) is 144 Å². The fourth-order valence-electron chi connectivity index (χ4n) is 5.07. The Morgan fingerprint density at radius 3 is 1.45 bits per heavy atom. The van der Waals surface area contributed by atoms with Gasteiger partial charge >= 0.3 is 5.97 Å². The van der Waals surface area contributed by atoms with Crippen molar-refractivity contribution in [3.8, 4) is 11.5 Å². The van der Waals surface area contributed by atoms with E-state index in [0.29, 0.717) is 24.7 Å². The first-order valence-corrected chi connectivity index (χ1v) is 13.8. The summed E-state index contributed by atoms with van der Waals surface area (Å²) >= 11 is 0. The normalized spacial score (nSPS) is 11.4. The van der Waals surface area contributed by atoms with Gasteiger partial charge in [0.2, 0.25) is 0 Å². The van der Waals surface area contributed by atoms with E-state index in [9.17, 15) is 4.79 Å². The minimum absolute atomic E-state index is 0.342. The highest BCUT2D eigenvalue weighted by atomic mass is 16.5. The van der Waals surface area contributed by atoms with Gasteiger partial charge in [-0.2, -0.15) is 0 Å². The van der Waals surface area contributed by atoms with Gasteiger partial charge in [-0.15, -0.1) is 0 Å². The van der Waals surface area contributed by atoms with Gasteiger partial charge in [0.1, 0.15) is 30.1 Å². The number of carbonyl (C=O) groups excluding carboxylic acids is 1. The van der Waals surface area contributed by atoms with E-state index in [1.54, 1.807) is 0 Å². The summed E-state index contributed by atoms with van der Waals surface area (Å²) in [7, 11) is 1.41. The number of rotatable bonds is 9. The fourth-order valence-corrected chi connectivity index (χ4v) is 5.07. The van der Waals surface area contributed by atoms with Crippen molar-refractivity contribution in [2.24, 2.45) is 0 Å². The van der Waals surface area contributed by atoms with Gasteiger partial charge in [0.15, 0.2) is 0 Å². The molecule has 0 aliphatic heterocycles. The molecule has 0 N–H and O–H groups in total. The highest BCUT2D eigenvalue weighted by Gasteiger charge is 2.38. The van der Waals surface area contributed by atoms with E-state index in [0.717, 1.165) is 44.3 Å². The molecule has 2 aromatic heterocycles. The number of benzene rings is 4. The number of aromatic nitrogens is 2. The molecule has 0 fully saturated rings. The number of pyridine rings is 2. The molecule has 0 aliphatic carbocycles. The van der Waals surface area contributed by atoms with E-state index in [1.807, 2.05) is 128 Å². The third-order valence-corrected chi connectivity index (χ3v) is 7.54. The monoisotopic (exact) mass is 554 g/mol. The summed E-state index contributed by atoms with van der Waals surface area (Å²) in [6.07, 6.45) is 0. The van der Waals surface area contributed by atoms with Crippen LogP contribution in [0.25, 0.3) is 21.8 Å². The van der Waals surface area contributed by atoms with E-state index in [4.69, 9.17) is 14.2 Å². The molecule has 6 heteroatoms. The summed E-state index contributed by atoms with van der Waals surface area (Å²) in [5.74, 6) is 1.02. The number of carbonyl (C=O) groups is 1. The third-order valence-electron chi connectivity index (χ3n) is 7.54. The summed E-state index contributed by atoms with van der Waals surface area (Å²) in [6, 6.07) is 39.1. The van der Waals surface area contributed by atoms with Crippen molar-refractivity contribution in [2.75, 3.05) is 7.11 Å². The molecule has 2 heterocycles. The van der Waals surface area contributed by atoms with Crippen molar-refractivity contribution >= 4 is 27.8 Å². The van der Waals surface area contributed by atoms with Crippen LogP contribution in [-0.4, -0.2) is 23.0 Å². The van der Waals surface area contributed by atoms with Gasteiger partial charge in [-0.1, -0.05) is 72.8 Å². The van der Waals surface area contributed by atoms with E-state index < -0.39 is 5.41 Å². The second-order valence-electron chi connectivity index (χ2n) is 10.2. The molecule has 0 atom stereocenters. The Balaban J connectivity index is 1.15. The van der Waals surface area contributed by atoms with Crippen LogP contribution in [-0.2, 0) is 28.2 Å². The molecule has 208 valence electrons. The Bertz CT molecular complexity index is 1720. The lowest BCUT2D eigenvalue weighted by Crippen LogP contribution is -2.35. The fraction of sp³-hybridized carbons (Fsp3) is 0.139. The number of ether oxygens (including phenoxy) is 3. The van der Waals surface area contributed by atoms with E-state index in [2.05, 4.69) is 9.97 Å². The molecule has 6 aromatic rings. The van der Waals surface area contributed by atoms with Gasteiger partial charge in [0.05, 0.1) is 29.5 Å². The maximum atomic E-state index is 13.1. The van der Waals surface area contributed by atoms with Gasteiger partial charge in [0.25, 0.3) is 0 Å². The van der Waals surface area contributed by atoms with E-state index >= 15 is 0 Å². The molecule has 0 amide bonds. The van der Waals surface area contributed by atoms with E-state index in [-0.39, 0.29) is 5.97 Å². The molecule has 0 saturated heterocycles. The smallest absolute Gasteiger partial charge is 0.320 e. The molecule has 42 heavy (non-hydrogen) atoms. The van der Waals surface area contributed by atoms with Gasteiger partial charge < -0.3 is 14.2 Å². The zero-order valence-corrected chi connectivity index (χ0v) is 23.5. The molecule has 6 nitrogen and oxygen atoms in total. The van der Waals surface area contributed by atoms with E-state index in [1.165, 1.54) is 7.11 Å². The predicted molar refractivity (Wildman–Crippen MR) is 164 cm³/mol. The zero-order chi connectivity index (χ0) is 28.9. The topological polar surface area (TPSA) is 70.5 Å². The van der Waals surface area contributed by atoms with Crippen molar-refractivity contribution in [2.45, 2.75) is 25.6 Å². The van der Waals surface area contributed by atoms with Crippen molar-refractivity contribution in [1.29, 1.82) is 0 Å². The second kappa shape index (κ2) is 11.7. The largest absolute Gasteiger partial charge is 0.487 e. The molecule has 4 aromatic carbocycles. The molecular formula is C36H30N2O4. The van der Waals surface area contributed by atoms with Crippen LogP contribution in [0, 0.1) is 0 Å². The summed E-state index contributed by atoms with van der Waals surface area (Å²) in [5, 5.41) is 2.18. The van der Waals surface area contributed by atoms with Crippen LogP contribution in [0.1, 0.15) is 29.4 Å². The van der Waals surface area contributed by atoms with Gasteiger partial charge in [-0.3, -0.25) is 4.79 Å². The minimum Gasteiger partial charge on any atom is -0.487 e. The average Bonchev–Trinajstić information content (AvgIpc) is 3.06. The summed E-state index contributed by atoms with van der Waals surface area (Å²) < 4.78 is 17.3. The Morgan fingerprint density at radius 1 is 0.595 bits per heavy atom. The maximum Gasteiger partial charge on any atom is 0.320 e. The van der Waals surface area contributed by atoms with Crippen LogP contribution in [0.3, 0.4) is 0 Å². The number of nitrogens with zero attached hydrogens (tertiary/aromatic N) is 2. The summed E-state index contributed by atoms with van der Waals surface area (Å²) in [5.41, 5.74) is 4.12.